The third kappa shape index (κ3) is 5.88. The van der Waals surface area contributed by atoms with Crippen molar-refractivity contribution >= 4 is 0 Å². The van der Waals surface area contributed by atoms with Gasteiger partial charge in [-0.3, -0.25) is 5.84 Å². The summed E-state index contributed by atoms with van der Waals surface area (Å²) in [5, 5.41) is 0. The zero-order chi connectivity index (χ0) is 5.70. The molecule has 4 N–H and O–H groups in total. The van der Waals surface area contributed by atoms with Gasteiger partial charge in [-0.05, 0) is 5.92 Å². The van der Waals surface area contributed by atoms with Gasteiger partial charge in [-0.2, -0.15) is 5.53 Å². The standard InChI is InChI=1S/C4H13N3/c1-4(2)3-6-7-5/h4,6-7H,3,5H2,1-2H3. The Balaban J connectivity index is 2.68. The van der Waals surface area contributed by atoms with Crippen molar-refractivity contribution in [1.29, 1.82) is 0 Å². The molecule has 0 fully saturated rings. The number of rotatable bonds is 3. The van der Waals surface area contributed by atoms with Gasteiger partial charge >= 0.3 is 0 Å². The molecule has 0 aliphatic rings. The summed E-state index contributed by atoms with van der Waals surface area (Å²) in [7, 11) is 0. The van der Waals surface area contributed by atoms with Crippen molar-refractivity contribution in [1.82, 2.24) is 11.0 Å². The van der Waals surface area contributed by atoms with Crippen molar-refractivity contribution in [2.45, 2.75) is 13.8 Å². The SMILES string of the molecule is CC(C)CNNN. The summed E-state index contributed by atoms with van der Waals surface area (Å²) in [5.41, 5.74) is 5.12. The van der Waals surface area contributed by atoms with E-state index in [0.29, 0.717) is 5.92 Å². The van der Waals surface area contributed by atoms with E-state index < -0.39 is 0 Å². The molecular weight excluding hydrogens is 90.1 g/mol. The highest BCUT2D eigenvalue weighted by Gasteiger charge is 1.86. The van der Waals surface area contributed by atoms with Crippen molar-refractivity contribution in [2.75, 3.05) is 6.54 Å². The van der Waals surface area contributed by atoms with Crippen molar-refractivity contribution in [3.63, 3.8) is 0 Å². The molecule has 44 valence electrons. The van der Waals surface area contributed by atoms with Crippen LogP contribution in [-0.4, -0.2) is 6.54 Å². The molecule has 0 aromatic rings. The summed E-state index contributed by atoms with van der Waals surface area (Å²) < 4.78 is 0. The Morgan fingerprint density at radius 1 is 1.57 bits per heavy atom. The second kappa shape index (κ2) is 4.05. The van der Waals surface area contributed by atoms with Gasteiger partial charge in [-0.1, -0.05) is 13.8 Å². The smallest absolute Gasteiger partial charge is 0.0136 e. The Kier molecular flexibility index (Phi) is 3.98. The van der Waals surface area contributed by atoms with Crippen LogP contribution in [0.2, 0.25) is 0 Å². The molecule has 3 nitrogen and oxygen atoms in total. The summed E-state index contributed by atoms with van der Waals surface area (Å²) in [5.74, 6) is 5.56. The van der Waals surface area contributed by atoms with E-state index in [1.165, 1.54) is 0 Å². The van der Waals surface area contributed by atoms with Crippen LogP contribution < -0.4 is 16.8 Å². The first-order chi connectivity index (χ1) is 3.27. The largest absolute Gasteiger partial charge is 0.258 e. The molecular formula is C4H13N3. The van der Waals surface area contributed by atoms with Gasteiger partial charge in [0, 0.05) is 6.54 Å². The minimum Gasteiger partial charge on any atom is -0.258 e. The number of hydrazine groups is 2. The molecule has 3 heteroatoms. The second-order valence-corrected chi connectivity index (χ2v) is 1.92. The van der Waals surface area contributed by atoms with Crippen molar-refractivity contribution in [3.05, 3.63) is 0 Å². The van der Waals surface area contributed by atoms with Crippen LogP contribution in [0.3, 0.4) is 0 Å². The lowest BCUT2D eigenvalue weighted by Gasteiger charge is -2.02. The molecule has 0 rings (SSSR count). The lowest BCUT2D eigenvalue weighted by molar-refractivity contribution is 0.481. The van der Waals surface area contributed by atoms with Gasteiger partial charge in [0.1, 0.15) is 0 Å². The molecule has 0 amide bonds. The maximum absolute atomic E-state index is 4.92. The molecule has 0 aliphatic heterocycles. The minimum atomic E-state index is 0.649. The van der Waals surface area contributed by atoms with E-state index in [9.17, 15) is 0 Å². The monoisotopic (exact) mass is 103 g/mol. The molecule has 0 aromatic heterocycles. The van der Waals surface area contributed by atoms with Gasteiger partial charge in [0.25, 0.3) is 0 Å². The van der Waals surface area contributed by atoms with Gasteiger partial charge in [0.05, 0.1) is 0 Å². The van der Waals surface area contributed by atoms with E-state index >= 15 is 0 Å². The van der Waals surface area contributed by atoms with Crippen LogP contribution in [-0.2, 0) is 0 Å². The fourth-order valence-electron chi connectivity index (χ4n) is 0.263. The maximum Gasteiger partial charge on any atom is 0.0136 e. The number of hydrogen-bond acceptors (Lipinski definition) is 3. The molecule has 0 spiro atoms. The van der Waals surface area contributed by atoms with E-state index in [2.05, 4.69) is 24.8 Å². The minimum absolute atomic E-state index is 0.649. The van der Waals surface area contributed by atoms with Gasteiger partial charge < -0.3 is 0 Å². The highest BCUT2D eigenvalue weighted by Crippen LogP contribution is 1.83. The fourth-order valence-corrected chi connectivity index (χ4v) is 0.263. The van der Waals surface area contributed by atoms with Crippen LogP contribution >= 0.6 is 0 Å². The average Bonchev–Trinajstić information content (AvgIpc) is 1.61. The van der Waals surface area contributed by atoms with Gasteiger partial charge in [-0.25, -0.2) is 5.43 Å². The molecule has 0 radical (unpaired) electrons. The summed E-state index contributed by atoms with van der Waals surface area (Å²) in [6.45, 7) is 5.14. The molecule has 0 saturated carbocycles. The lowest BCUT2D eigenvalue weighted by atomic mass is 10.2. The maximum atomic E-state index is 4.92. The number of hydrogen-bond donors (Lipinski definition) is 3. The number of nitrogens with one attached hydrogen (secondary N) is 2. The Morgan fingerprint density at radius 3 is 2.29 bits per heavy atom. The van der Waals surface area contributed by atoms with Crippen molar-refractivity contribution < 1.29 is 0 Å². The van der Waals surface area contributed by atoms with Crippen LogP contribution in [0.15, 0.2) is 0 Å². The quantitative estimate of drug-likeness (QED) is 0.337. The molecule has 0 unspecified atom stereocenters. The third-order valence-corrected chi connectivity index (χ3v) is 0.612. The molecule has 0 bridgehead atoms. The van der Waals surface area contributed by atoms with Gasteiger partial charge in [-0.15, -0.1) is 0 Å². The fraction of sp³-hybridized carbons (Fsp3) is 1.00. The number of nitrogens with two attached hydrogens (primary N) is 1. The van der Waals surface area contributed by atoms with Gasteiger partial charge in [0.15, 0.2) is 0 Å². The van der Waals surface area contributed by atoms with Crippen LogP contribution in [0.5, 0.6) is 0 Å². The molecule has 0 aliphatic carbocycles. The Bertz CT molecular complexity index is 35.9. The lowest BCUT2D eigenvalue weighted by Crippen LogP contribution is -2.39. The van der Waals surface area contributed by atoms with Gasteiger partial charge in [0.2, 0.25) is 0 Å². The molecule has 0 heterocycles. The predicted octanol–water partition coefficient (Wildman–Crippen LogP) is -0.390. The van der Waals surface area contributed by atoms with E-state index in [1.807, 2.05) is 0 Å². The Labute approximate surface area is 44.2 Å². The Hall–Kier alpha value is -0.120. The zero-order valence-electron chi connectivity index (χ0n) is 4.86. The average molecular weight is 103 g/mol. The predicted molar refractivity (Wildman–Crippen MR) is 30.2 cm³/mol. The van der Waals surface area contributed by atoms with Crippen LogP contribution in [0.25, 0.3) is 0 Å². The normalized spacial score (nSPS) is 10.3. The van der Waals surface area contributed by atoms with E-state index in [-0.39, 0.29) is 0 Å². The van der Waals surface area contributed by atoms with Crippen LogP contribution in [0.1, 0.15) is 13.8 Å². The van der Waals surface area contributed by atoms with Crippen LogP contribution in [0.4, 0.5) is 0 Å². The summed E-state index contributed by atoms with van der Waals surface area (Å²) in [6, 6.07) is 0. The summed E-state index contributed by atoms with van der Waals surface area (Å²) >= 11 is 0. The topological polar surface area (TPSA) is 50.1 Å². The third-order valence-electron chi connectivity index (χ3n) is 0.612. The second-order valence-electron chi connectivity index (χ2n) is 1.92. The van der Waals surface area contributed by atoms with Crippen LogP contribution in [0, 0.1) is 5.92 Å². The first-order valence-electron chi connectivity index (χ1n) is 2.46. The van der Waals surface area contributed by atoms with Crippen molar-refractivity contribution in [3.8, 4) is 0 Å². The van der Waals surface area contributed by atoms with Crippen molar-refractivity contribution in [2.24, 2.45) is 11.8 Å². The highest BCUT2D eigenvalue weighted by molar-refractivity contribution is 4.42. The van der Waals surface area contributed by atoms with E-state index in [1.54, 1.807) is 0 Å². The zero-order valence-corrected chi connectivity index (χ0v) is 4.86. The molecule has 0 atom stereocenters. The summed E-state index contributed by atoms with van der Waals surface area (Å²) in [6.07, 6.45) is 0. The van der Waals surface area contributed by atoms with E-state index in [0.717, 1.165) is 6.54 Å². The van der Waals surface area contributed by atoms with E-state index in [4.69, 9.17) is 5.84 Å². The first kappa shape index (κ1) is 6.88. The first-order valence-corrected chi connectivity index (χ1v) is 2.46. The molecule has 0 aromatic carbocycles. The molecule has 7 heavy (non-hydrogen) atoms. The summed E-state index contributed by atoms with van der Waals surface area (Å²) in [4.78, 5) is 0. The molecule has 0 saturated heterocycles. The Morgan fingerprint density at radius 2 is 2.14 bits per heavy atom. The highest BCUT2D eigenvalue weighted by atomic mass is 15.5.